The van der Waals surface area contributed by atoms with Crippen molar-refractivity contribution in [1.82, 2.24) is 15.5 Å². The van der Waals surface area contributed by atoms with Gasteiger partial charge in [0.15, 0.2) is 5.69 Å². The molecule has 1 aromatic rings. The molecular weight excluding hydrogens is 296 g/mol. The number of nitrogens with two attached hydrogens (primary N) is 1. The summed E-state index contributed by atoms with van der Waals surface area (Å²) in [4.78, 5) is 11.9. The van der Waals surface area contributed by atoms with Crippen molar-refractivity contribution in [1.29, 1.82) is 0 Å². The molecule has 1 atom stereocenters. The van der Waals surface area contributed by atoms with Gasteiger partial charge in [-0.05, 0) is 12.3 Å². The number of nitrogens with one attached hydrogen (secondary N) is 2. The molecule has 118 valence electrons. The molecule has 1 aromatic heterocycles. The van der Waals surface area contributed by atoms with E-state index in [1.54, 1.807) is 13.8 Å². The third kappa shape index (κ3) is 3.60. The van der Waals surface area contributed by atoms with Crippen LogP contribution in [0.3, 0.4) is 0 Å². The first-order chi connectivity index (χ1) is 9.80. The second kappa shape index (κ2) is 6.12. The lowest BCUT2D eigenvalue weighted by atomic mass is 10.1. The Bertz CT molecular complexity index is 617. The number of aromatic amines is 1. The lowest BCUT2D eigenvalue weighted by Crippen LogP contribution is -2.31. The highest BCUT2D eigenvalue weighted by atomic mass is 32.2. The first kappa shape index (κ1) is 15.9. The van der Waals surface area contributed by atoms with Crippen LogP contribution < -0.4 is 10.5 Å². The average molecular weight is 316 g/mol. The average Bonchev–Trinajstić information content (AvgIpc) is 3.03. The Kier molecular flexibility index (Phi) is 4.64. The van der Waals surface area contributed by atoms with Crippen molar-refractivity contribution in [2.45, 2.75) is 31.1 Å². The summed E-state index contributed by atoms with van der Waals surface area (Å²) in [7, 11) is -4.03. The Morgan fingerprint density at radius 2 is 2.29 bits per heavy atom. The van der Waals surface area contributed by atoms with Gasteiger partial charge in [0.25, 0.3) is 5.91 Å². The number of primary sulfonamides is 1. The van der Waals surface area contributed by atoms with Gasteiger partial charge in [-0.2, -0.15) is 5.10 Å². The number of carbonyl (C=O) groups excluding carboxylic acids is 1. The summed E-state index contributed by atoms with van der Waals surface area (Å²) in [6.07, 6.45) is 0.875. The van der Waals surface area contributed by atoms with E-state index < -0.39 is 15.9 Å². The third-order valence-corrected chi connectivity index (χ3v) is 4.38. The van der Waals surface area contributed by atoms with Crippen molar-refractivity contribution in [2.75, 3.05) is 19.8 Å². The van der Waals surface area contributed by atoms with Crippen LogP contribution in [0.5, 0.6) is 0 Å². The van der Waals surface area contributed by atoms with Crippen LogP contribution in [0, 0.1) is 5.92 Å². The van der Waals surface area contributed by atoms with Crippen molar-refractivity contribution in [3.63, 3.8) is 0 Å². The number of carbonyl (C=O) groups is 1. The van der Waals surface area contributed by atoms with Crippen LogP contribution in [-0.2, 0) is 14.8 Å². The van der Waals surface area contributed by atoms with E-state index in [2.05, 4.69) is 15.5 Å². The first-order valence-electron chi connectivity index (χ1n) is 6.77. The normalized spacial score (nSPS) is 19.1. The van der Waals surface area contributed by atoms with E-state index in [1.807, 2.05) is 0 Å². The highest BCUT2D eigenvalue weighted by Crippen LogP contribution is 2.23. The van der Waals surface area contributed by atoms with Crippen LogP contribution in [0.15, 0.2) is 4.90 Å². The van der Waals surface area contributed by atoms with Gasteiger partial charge in [0.05, 0.1) is 12.3 Å². The second-order valence-corrected chi connectivity index (χ2v) is 6.95. The van der Waals surface area contributed by atoms with Crippen molar-refractivity contribution in [2.24, 2.45) is 11.1 Å². The molecule has 0 saturated carbocycles. The van der Waals surface area contributed by atoms with Crippen LogP contribution in [0.25, 0.3) is 0 Å². The molecule has 1 saturated heterocycles. The van der Waals surface area contributed by atoms with Gasteiger partial charge < -0.3 is 10.1 Å². The van der Waals surface area contributed by atoms with E-state index in [-0.39, 0.29) is 22.4 Å². The highest BCUT2D eigenvalue weighted by Gasteiger charge is 2.29. The maximum absolute atomic E-state index is 12.2. The summed E-state index contributed by atoms with van der Waals surface area (Å²) in [5.41, 5.74) is 0.159. The van der Waals surface area contributed by atoms with Gasteiger partial charge >= 0.3 is 0 Å². The number of rotatable bonds is 5. The smallest absolute Gasteiger partial charge is 0.273 e. The molecule has 0 radical (unpaired) electrons. The molecule has 1 unspecified atom stereocenters. The van der Waals surface area contributed by atoms with Crippen molar-refractivity contribution in [3.8, 4) is 0 Å². The van der Waals surface area contributed by atoms with Gasteiger partial charge in [-0.3, -0.25) is 9.89 Å². The van der Waals surface area contributed by atoms with E-state index in [4.69, 9.17) is 9.88 Å². The van der Waals surface area contributed by atoms with Crippen LogP contribution >= 0.6 is 0 Å². The Morgan fingerprint density at radius 1 is 1.57 bits per heavy atom. The van der Waals surface area contributed by atoms with Crippen molar-refractivity contribution >= 4 is 15.9 Å². The predicted molar refractivity (Wildman–Crippen MR) is 75.3 cm³/mol. The van der Waals surface area contributed by atoms with E-state index in [9.17, 15) is 13.2 Å². The lowest BCUT2D eigenvalue weighted by molar-refractivity contribution is 0.0936. The van der Waals surface area contributed by atoms with Gasteiger partial charge in [0, 0.05) is 19.1 Å². The standard InChI is InChI=1S/C12H20N4O4S/c1-7(2)9-11(21(13,18)19)10(16-15-9)12(17)14-5-8-3-4-20-6-8/h7-8H,3-6H2,1-2H3,(H,14,17)(H,15,16)(H2,13,18,19). The van der Waals surface area contributed by atoms with Crippen LogP contribution in [0.2, 0.25) is 0 Å². The summed E-state index contributed by atoms with van der Waals surface area (Å²) in [6.45, 7) is 5.29. The monoisotopic (exact) mass is 316 g/mol. The number of nitrogens with zero attached hydrogens (tertiary/aromatic N) is 1. The van der Waals surface area contributed by atoms with Crippen molar-refractivity contribution < 1.29 is 17.9 Å². The van der Waals surface area contributed by atoms with Gasteiger partial charge in [0.2, 0.25) is 10.0 Å². The largest absolute Gasteiger partial charge is 0.381 e. The number of aromatic nitrogens is 2. The Balaban J connectivity index is 2.20. The molecule has 1 fully saturated rings. The number of hydrogen-bond acceptors (Lipinski definition) is 5. The SMILES string of the molecule is CC(C)c1[nH]nc(C(=O)NCC2CCOC2)c1S(N)(=O)=O. The number of sulfonamides is 1. The topological polar surface area (TPSA) is 127 Å². The Hall–Kier alpha value is -1.45. The van der Waals surface area contributed by atoms with Crippen LogP contribution in [-0.4, -0.2) is 44.3 Å². The second-order valence-electron chi connectivity index (χ2n) is 5.45. The van der Waals surface area contributed by atoms with Gasteiger partial charge in [0.1, 0.15) is 4.90 Å². The summed E-state index contributed by atoms with van der Waals surface area (Å²) < 4.78 is 28.7. The maximum atomic E-state index is 12.2. The minimum atomic E-state index is -4.03. The quantitative estimate of drug-likeness (QED) is 0.701. The molecular formula is C12H20N4O4S. The Labute approximate surface area is 123 Å². The number of hydrogen-bond donors (Lipinski definition) is 3. The third-order valence-electron chi connectivity index (χ3n) is 3.40. The molecule has 1 amide bonds. The number of amides is 1. The fourth-order valence-electron chi connectivity index (χ4n) is 2.24. The Morgan fingerprint density at radius 3 is 2.81 bits per heavy atom. The summed E-state index contributed by atoms with van der Waals surface area (Å²) >= 11 is 0. The van der Waals surface area contributed by atoms with Gasteiger partial charge in [-0.25, -0.2) is 13.6 Å². The fraction of sp³-hybridized carbons (Fsp3) is 0.667. The zero-order chi connectivity index (χ0) is 15.6. The molecule has 9 heteroatoms. The molecule has 21 heavy (non-hydrogen) atoms. The highest BCUT2D eigenvalue weighted by molar-refractivity contribution is 7.89. The molecule has 8 nitrogen and oxygen atoms in total. The fourth-order valence-corrected chi connectivity index (χ4v) is 3.24. The van der Waals surface area contributed by atoms with Crippen molar-refractivity contribution in [3.05, 3.63) is 11.4 Å². The summed E-state index contributed by atoms with van der Waals surface area (Å²) in [5, 5.41) is 14.3. The first-order valence-corrected chi connectivity index (χ1v) is 8.32. The van der Waals surface area contributed by atoms with Crippen LogP contribution in [0.1, 0.15) is 42.4 Å². The van der Waals surface area contributed by atoms with E-state index in [1.165, 1.54) is 0 Å². The molecule has 0 aromatic carbocycles. The van der Waals surface area contributed by atoms with E-state index >= 15 is 0 Å². The van der Waals surface area contributed by atoms with E-state index in [0.717, 1.165) is 6.42 Å². The minimum Gasteiger partial charge on any atom is -0.381 e. The molecule has 1 aliphatic rings. The predicted octanol–water partition coefficient (Wildman–Crippen LogP) is -0.0532. The summed E-state index contributed by atoms with van der Waals surface area (Å²) in [5.74, 6) is -0.444. The maximum Gasteiger partial charge on any atom is 0.273 e. The molecule has 2 rings (SSSR count). The minimum absolute atomic E-state index is 0.143. The van der Waals surface area contributed by atoms with Crippen LogP contribution in [0.4, 0.5) is 0 Å². The van der Waals surface area contributed by atoms with Gasteiger partial charge in [-0.15, -0.1) is 0 Å². The number of ether oxygens (including phenoxy) is 1. The van der Waals surface area contributed by atoms with Gasteiger partial charge in [-0.1, -0.05) is 13.8 Å². The molecule has 0 aliphatic carbocycles. The number of H-pyrrole nitrogens is 1. The zero-order valence-electron chi connectivity index (χ0n) is 12.0. The molecule has 0 spiro atoms. The molecule has 2 heterocycles. The molecule has 1 aliphatic heterocycles. The zero-order valence-corrected chi connectivity index (χ0v) is 12.9. The molecule has 4 N–H and O–H groups in total. The molecule has 0 bridgehead atoms. The van der Waals surface area contributed by atoms with E-state index in [0.29, 0.717) is 25.5 Å². The summed E-state index contributed by atoms with van der Waals surface area (Å²) in [6, 6.07) is 0. The lowest BCUT2D eigenvalue weighted by Gasteiger charge is -2.09.